The van der Waals surface area contributed by atoms with E-state index in [9.17, 15) is 4.79 Å². The number of rotatable bonds is 0. The Kier molecular flexibility index (Phi) is 1.89. The average molecular weight is 126 g/mol. The minimum atomic E-state index is 0.341. The monoisotopic (exact) mass is 126 g/mol. The maximum absolute atomic E-state index is 10.9. The minimum Gasteiger partial charge on any atom is -0.299 e. The topological polar surface area (TPSA) is 17.1 Å². The Bertz CT molecular complexity index is 118. The summed E-state index contributed by atoms with van der Waals surface area (Å²) in [7, 11) is 0. The molecule has 1 heteroatoms. The molecule has 0 aromatic carbocycles. The van der Waals surface area contributed by atoms with E-state index in [1.165, 1.54) is 0 Å². The molecule has 0 aliphatic heterocycles. The van der Waals surface area contributed by atoms with Crippen molar-refractivity contribution < 1.29 is 4.79 Å². The Balaban J connectivity index is 2.44. The first-order valence-electron chi connectivity index (χ1n) is 3.73. The van der Waals surface area contributed by atoms with Crippen LogP contribution in [0.1, 0.15) is 33.1 Å². The van der Waals surface area contributed by atoms with Crippen LogP contribution in [-0.4, -0.2) is 5.78 Å². The smallest absolute Gasteiger partial charge is 0.135 e. The fraction of sp³-hybridized carbons (Fsp3) is 0.875. The highest BCUT2D eigenvalue weighted by Gasteiger charge is 2.21. The Morgan fingerprint density at radius 1 is 1.44 bits per heavy atom. The summed E-state index contributed by atoms with van der Waals surface area (Å²) in [5.74, 6) is 1.58. The van der Waals surface area contributed by atoms with Crippen LogP contribution in [-0.2, 0) is 4.79 Å². The molecule has 0 bridgehead atoms. The summed E-state index contributed by atoms with van der Waals surface area (Å²) in [6.45, 7) is 4.26. The largest absolute Gasteiger partial charge is 0.299 e. The number of ketones is 1. The molecule has 1 fully saturated rings. The molecule has 1 aliphatic rings. The van der Waals surface area contributed by atoms with Gasteiger partial charge < -0.3 is 0 Å². The number of carbonyl (C=O) groups excluding carboxylic acids is 1. The van der Waals surface area contributed by atoms with Gasteiger partial charge in [-0.3, -0.25) is 4.79 Å². The first-order chi connectivity index (χ1) is 4.20. The number of hydrogen-bond donors (Lipinski definition) is 0. The summed E-state index contributed by atoms with van der Waals surface area (Å²) >= 11 is 0. The highest BCUT2D eigenvalue weighted by Crippen LogP contribution is 2.24. The molecular formula is C8H14O. The van der Waals surface area contributed by atoms with Crippen molar-refractivity contribution in [3.63, 3.8) is 0 Å². The average Bonchev–Trinajstić information content (AvgIpc) is 1.80. The summed E-state index contributed by atoms with van der Waals surface area (Å²) in [4.78, 5) is 10.9. The zero-order valence-corrected chi connectivity index (χ0v) is 6.18. The Hall–Kier alpha value is -0.330. The molecule has 1 rings (SSSR count). The lowest BCUT2D eigenvalue weighted by Crippen LogP contribution is -2.20. The second-order valence-corrected chi connectivity index (χ2v) is 3.25. The van der Waals surface area contributed by atoms with Crippen molar-refractivity contribution in [3.8, 4) is 0 Å². The fourth-order valence-corrected chi connectivity index (χ4v) is 1.49. The van der Waals surface area contributed by atoms with Crippen LogP contribution in [0.25, 0.3) is 0 Å². The molecule has 0 aromatic heterocycles. The predicted octanol–water partition coefficient (Wildman–Crippen LogP) is 2.01. The van der Waals surface area contributed by atoms with Gasteiger partial charge in [0.05, 0.1) is 0 Å². The van der Waals surface area contributed by atoms with E-state index in [0.29, 0.717) is 11.7 Å². The lowest BCUT2D eigenvalue weighted by molar-refractivity contribution is -0.124. The van der Waals surface area contributed by atoms with Crippen LogP contribution in [0.3, 0.4) is 0 Å². The Morgan fingerprint density at radius 2 is 2.11 bits per heavy atom. The molecule has 9 heavy (non-hydrogen) atoms. The number of Topliss-reactive ketones (excluding diaryl/α,β-unsaturated/α-hetero) is 1. The van der Waals surface area contributed by atoms with Crippen LogP contribution >= 0.6 is 0 Å². The van der Waals surface area contributed by atoms with Crippen molar-refractivity contribution in [1.29, 1.82) is 0 Å². The summed E-state index contributed by atoms with van der Waals surface area (Å²) in [5.41, 5.74) is 0. The van der Waals surface area contributed by atoms with Crippen molar-refractivity contribution in [1.82, 2.24) is 0 Å². The molecule has 2 atom stereocenters. The van der Waals surface area contributed by atoms with Gasteiger partial charge in [-0.2, -0.15) is 0 Å². The van der Waals surface area contributed by atoms with Gasteiger partial charge in [0.15, 0.2) is 0 Å². The first kappa shape index (κ1) is 6.79. The van der Waals surface area contributed by atoms with E-state index >= 15 is 0 Å². The summed E-state index contributed by atoms with van der Waals surface area (Å²) < 4.78 is 0. The predicted molar refractivity (Wildman–Crippen MR) is 37.2 cm³/mol. The van der Waals surface area contributed by atoms with Gasteiger partial charge in [-0.15, -0.1) is 0 Å². The molecule has 1 nitrogen and oxygen atoms in total. The lowest BCUT2D eigenvalue weighted by atomic mass is 9.83. The molecule has 52 valence electrons. The van der Waals surface area contributed by atoms with E-state index in [-0.39, 0.29) is 0 Å². The van der Waals surface area contributed by atoms with Crippen LogP contribution in [0.2, 0.25) is 0 Å². The van der Waals surface area contributed by atoms with Crippen LogP contribution in [0.4, 0.5) is 0 Å². The maximum atomic E-state index is 10.9. The van der Waals surface area contributed by atoms with Gasteiger partial charge in [-0.25, -0.2) is 0 Å². The van der Waals surface area contributed by atoms with E-state index in [1.807, 2.05) is 6.92 Å². The zero-order valence-electron chi connectivity index (χ0n) is 6.18. The molecule has 0 heterocycles. The summed E-state index contributed by atoms with van der Waals surface area (Å²) in [6, 6.07) is 0. The third kappa shape index (κ3) is 1.54. The lowest BCUT2D eigenvalue weighted by Gasteiger charge is -2.21. The van der Waals surface area contributed by atoms with Gasteiger partial charge >= 0.3 is 0 Å². The van der Waals surface area contributed by atoms with E-state index in [4.69, 9.17) is 0 Å². The molecular weight excluding hydrogens is 112 g/mol. The van der Waals surface area contributed by atoms with Crippen LogP contribution in [0, 0.1) is 11.8 Å². The van der Waals surface area contributed by atoms with E-state index in [2.05, 4.69) is 6.92 Å². The van der Waals surface area contributed by atoms with Gasteiger partial charge in [0.1, 0.15) is 5.78 Å². The summed E-state index contributed by atoms with van der Waals surface area (Å²) in [5, 5.41) is 0. The van der Waals surface area contributed by atoms with Crippen LogP contribution in [0.15, 0.2) is 0 Å². The number of hydrogen-bond acceptors (Lipinski definition) is 1. The maximum Gasteiger partial charge on any atom is 0.135 e. The van der Waals surface area contributed by atoms with E-state index in [0.717, 1.165) is 25.2 Å². The van der Waals surface area contributed by atoms with Crippen molar-refractivity contribution in [2.75, 3.05) is 0 Å². The fourth-order valence-electron chi connectivity index (χ4n) is 1.49. The SMILES string of the molecule is CC1CCC(=O)[C@H](C)C1. The molecule has 0 amide bonds. The Labute approximate surface area is 56.4 Å². The normalized spacial score (nSPS) is 36.9. The number of carbonyl (C=O) groups is 1. The second kappa shape index (κ2) is 2.51. The molecule has 0 aromatic rings. The Morgan fingerprint density at radius 3 is 2.56 bits per heavy atom. The molecule has 0 radical (unpaired) electrons. The van der Waals surface area contributed by atoms with Crippen molar-refractivity contribution in [3.05, 3.63) is 0 Å². The van der Waals surface area contributed by atoms with Gasteiger partial charge in [-0.1, -0.05) is 13.8 Å². The zero-order chi connectivity index (χ0) is 6.85. The van der Waals surface area contributed by atoms with Crippen LogP contribution < -0.4 is 0 Å². The van der Waals surface area contributed by atoms with E-state index < -0.39 is 0 Å². The molecule has 1 saturated carbocycles. The molecule has 1 aliphatic carbocycles. The highest BCUT2D eigenvalue weighted by molar-refractivity contribution is 5.81. The second-order valence-electron chi connectivity index (χ2n) is 3.25. The minimum absolute atomic E-state index is 0.341. The summed E-state index contributed by atoms with van der Waals surface area (Å²) in [6.07, 6.45) is 3.05. The third-order valence-electron chi connectivity index (χ3n) is 2.19. The van der Waals surface area contributed by atoms with Gasteiger partial charge in [0, 0.05) is 12.3 Å². The van der Waals surface area contributed by atoms with Crippen molar-refractivity contribution in [2.24, 2.45) is 11.8 Å². The van der Waals surface area contributed by atoms with Crippen molar-refractivity contribution in [2.45, 2.75) is 33.1 Å². The standard InChI is InChI=1S/C8H14O/c1-6-3-4-8(9)7(2)5-6/h6-7H,3-5H2,1-2H3/t6?,7-/m1/s1. The molecule has 0 N–H and O–H groups in total. The third-order valence-corrected chi connectivity index (χ3v) is 2.19. The molecule has 1 unspecified atom stereocenters. The van der Waals surface area contributed by atoms with Gasteiger partial charge in [0.2, 0.25) is 0 Å². The molecule has 0 spiro atoms. The highest BCUT2D eigenvalue weighted by atomic mass is 16.1. The van der Waals surface area contributed by atoms with E-state index in [1.54, 1.807) is 0 Å². The van der Waals surface area contributed by atoms with Gasteiger partial charge in [0.25, 0.3) is 0 Å². The van der Waals surface area contributed by atoms with Crippen molar-refractivity contribution >= 4 is 5.78 Å². The van der Waals surface area contributed by atoms with Crippen LogP contribution in [0.5, 0.6) is 0 Å². The van der Waals surface area contributed by atoms with Gasteiger partial charge in [-0.05, 0) is 18.8 Å². The molecule has 0 saturated heterocycles. The first-order valence-corrected chi connectivity index (χ1v) is 3.73. The quantitative estimate of drug-likeness (QED) is 0.485.